The van der Waals surface area contributed by atoms with Gasteiger partial charge in [0.25, 0.3) is 0 Å². The normalized spacial score (nSPS) is 21.0. The number of amidine groups is 1. The van der Waals surface area contributed by atoms with Crippen LogP contribution in [0.15, 0.2) is 29.3 Å². The van der Waals surface area contributed by atoms with Gasteiger partial charge in [-0.05, 0) is 63.5 Å². The lowest BCUT2D eigenvalue weighted by Gasteiger charge is -2.28. The number of benzene rings is 1. The second-order valence-electron chi connectivity index (χ2n) is 12.9. The molecule has 48 heavy (non-hydrogen) atoms. The second-order valence-corrected chi connectivity index (χ2v) is 13.9. The number of aliphatic imine (C=N–C) groups is 1. The summed E-state index contributed by atoms with van der Waals surface area (Å²) < 4.78 is 0.870. The molecule has 4 atom stereocenters. The molecule has 13 nitrogen and oxygen atoms in total. The van der Waals surface area contributed by atoms with Gasteiger partial charge in [0.2, 0.25) is 23.6 Å². The molecule has 1 aliphatic rings. The zero-order chi connectivity index (χ0) is 35.4. The Balaban J connectivity index is 1.88. The fourth-order valence-corrected chi connectivity index (χ4v) is 6.61. The third-order valence-corrected chi connectivity index (χ3v) is 9.23. The Hall–Kier alpha value is -4.20. The predicted molar refractivity (Wildman–Crippen MR) is 185 cm³/mol. The van der Waals surface area contributed by atoms with Crippen LogP contribution >= 0.6 is 11.3 Å². The number of Topliss-reactive ketones (excluding diaryl/α,β-unsaturated/α-hetero) is 2. The summed E-state index contributed by atoms with van der Waals surface area (Å²) >= 11 is 1.28. The first-order valence-electron chi connectivity index (χ1n) is 16.6. The van der Waals surface area contributed by atoms with E-state index < -0.39 is 41.8 Å². The van der Waals surface area contributed by atoms with E-state index in [9.17, 15) is 28.8 Å². The molecule has 3 rings (SSSR count). The first kappa shape index (κ1) is 38.2. The monoisotopic (exact) mass is 683 g/mol. The zero-order valence-electron chi connectivity index (χ0n) is 28.5. The van der Waals surface area contributed by atoms with Crippen molar-refractivity contribution < 1.29 is 28.8 Å². The minimum Gasteiger partial charge on any atom is -0.388 e. The van der Waals surface area contributed by atoms with Crippen molar-refractivity contribution in [2.24, 2.45) is 22.6 Å². The lowest BCUT2D eigenvalue weighted by atomic mass is 9.89. The lowest BCUT2D eigenvalue weighted by Crippen LogP contribution is -2.56. The van der Waals surface area contributed by atoms with Crippen LogP contribution in [0, 0.1) is 11.8 Å². The van der Waals surface area contributed by atoms with Crippen molar-refractivity contribution in [3.63, 3.8) is 0 Å². The number of nitrogens with one attached hydrogen (secondary N) is 3. The molecule has 2 aromatic rings. The maximum atomic E-state index is 14.0. The van der Waals surface area contributed by atoms with Crippen molar-refractivity contribution in [1.82, 2.24) is 25.8 Å². The van der Waals surface area contributed by atoms with Gasteiger partial charge in [0.05, 0.1) is 28.5 Å². The number of nitrogens with zero attached hydrogens (tertiary/aromatic N) is 3. The summed E-state index contributed by atoms with van der Waals surface area (Å²) in [5.41, 5.74) is 6.40. The van der Waals surface area contributed by atoms with Gasteiger partial charge in [0.15, 0.2) is 16.6 Å². The Morgan fingerprint density at radius 1 is 1.10 bits per heavy atom. The maximum Gasteiger partial charge on any atom is 0.243 e. The summed E-state index contributed by atoms with van der Waals surface area (Å²) in [7, 11) is 1.62. The van der Waals surface area contributed by atoms with E-state index in [1.807, 2.05) is 38.1 Å². The molecule has 1 saturated heterocycles. The molecular formula is C34H49N7O6S. The molecule has 0 unspecified atom stereocenters. The van der Waals surface area contributed by atoms with E-state index in [-0.39, 0.29) is 42.7 Å². The average molecular weight is 684 g/mol. The minimum atomic E-state index is -1.16. The van der Waals surface area contributed by atoms with Gasteiger partial charge in [0.1, 0.15) is 12.1 Å². The third-order valence-electron chi connectivity index (χ3n) is 8.17. The minimum absolute atomic E-state index is 0.00306. The van der Waals surface area contributed by atoms with E-state index in [4.69, 9.17) is 5.73 Å². The molecule has 1 aliphatic heterocycles. The van der Waals surface area contributed by atoms with Crippen molar-refractivity contribution in [1.29, 1.82) is 0 Å². The topological polar surface area (TPSA) is 193 Å². The Labute approximate surface area is 285 Å². The Morgan fingerprint density at radius 2 is 1.83 bits per heavy atom. The highest BCUT2D eigenvalue weighted by atomic mass is 32.1. The molecule has 0 spiro atoms. The first-order valence-corrected chi connectivity index (χ1v) is 17.4. The number of ketones is 2. The van der Waals surface area contributed by atoms with Gasteiger partial charge in [-0.25, -0.2) is 4.98 Å². The summed E-state index contributed by atoms with van der Waals surface area (Å²) in [6.07, 6.45) is 2.15. The van der Waals surface area contributed by atoms with Crippen LogP contribution in [0.5, 0.6) is 0 Å². The summed E-state index contributed by atoms with van der Waals surface area (Å²) in [6.45, 7) is 7.49. The number of nitrogens with two attached hydrogens (primary N) is 1. The van der Waals surface area contributed by atoms with Crippen molar-refractivity contribution in [2.75, 3.05) is 20.1 Å². The molecule has 0 radical (unpaired) electrons. The Kier molecular flexibility index (Phi) is 14.6. The van der Waals surface area contributed by atoms with Crippen molar-refractivity contribution in [3.05, 3.63) is 29.3 Å². The SMILES string of the molecule is CC(=O)N[C@H]1CC(=O)N(C)CCCC[C@@H](C(=O)C[C@@H](CCCN=C(C)N)C(=O)c2nc3ccccc3s2)NC(=O)[C@H](CC(C)C)NC1=O. The molecule has 4 amide bonds. The molecule has 2 heterocycles. The first-order chi connectivity index (χ1) is 22.7. The standard InChI is InChI=1S/C34H49N7O6S/c1-20(2)17-26-32(46)38-24(12-8-9-16-41(5)30(44)19-27(33(47)39-26)37-22(4)42)28(43)18-23(11-10-15-36-21(3)35)31(45)34-40-25-13-6-7-14-29(25)48-34/h6-7,13-14,20,23-24,26-27H,8-12,15-19H2,1-5H3,(H2,35,36)(H,37,42)(H,38,46)(H,39,47)/t23-,24+,26+,27+/m1/s1. The van der Waals surface area contributed by atoms with Crippen LogP contribution in [0.3, 0.4) is 0 Å². The number of fused-ring (bicyclic) bond motifs is 1. The smallest absolute Gasteiger partial charge is 0.243 e. The Bertz CT molecular complexity index is 1470. The number of rotatable bonds is 12. The van der Waals surface area contributed by atoms with Crippen LogP contribution in [0.1, 0.15) is 88.9 Å². The van der Waals surface area contributed by atoms with Crippen LogP contribution in [-0.4, -0.2) is 89.2 Å². The van der Waals surface area contributed by atoms with Gasteiger partial charge in [-0.2, -0.15) is 0 Å². The predicted octanol–water partition coefficient (Wildman–Crippen LogP) is 2.76. The number of para-hydroxylation sites is 1. The molecule has 0 aliphatic carbocycles. The molecule has 262 valence electrons. The van der Waals surface area contributed by atoms with Crippen LogP contribution in [0.2, 0.25) is 0 Å². The fourth-order valence-electron chi connectivity index (χ4n) is 5.62. The lowest BCUT2D eigenvalue weighted by molar-refractivity contribution is -0.137. The van der Waals surface area contributed by atoms with Gasteiger partial charge in [0, 0.05) is 39.4 Å². The number of thiazole rings is 1. The van der Waals surface area contributed by atoms with Crippen molar-refractivity contribution in [2.45, 2.75) is 97.2 Å². The summed E-state index contributed by atoms with van der Waals surface area (Å²) in [5, 5.41) is 8.43. The molecular weight excluding hydrogens is 634 g/mol. The van der Waals surface area contributed by atoms with Gasteiger partial charge in [-0.15, -0.1) is 11.3 Å². The number of carbonyl (C=O) groups is 6. The fraction of sp³-hybridized carbons (Fsp3) is 0.588. The molecule has 0 saturated carbocycles. The highest BCUT2D eigenvalue weighted by Crippen LogP contribution is 2.27. The number of hydrogen-bond acceptors (Lipinski definition) is 9. The zero-order valence-corrected chi connectivity index (χ0v) is 29.4. The molecule has 14 heteroatoms. The van der Waals surface area contributed by atoms with Crippen LogP contribution in [0.25, 0.3) is 10.2 Å². The van der Waals surface area contributed by atoms with E-state index in [0.717, 1.165) is 4.70 Å². The number of aromatic nitrogens is 1. The highest BCUT2D eigenvalue weighted by Gasteiger charge is 2.33. The van der Waals surface area contributed by atoms with Crippen LogP contribution in [0.4, 0.5) is 0 Å². The largest absolute Gasteiger partial charge is 0.388 e. The van der Waals surface area contributed by atoms with E-state index in [0.29, 0.717) is 61.6 Å². The van der Waals surface area contributed by atoms with Crippen molar-refractivity contribution >= 4 is 62.6 Å². The van der Waals surface area contributed by atoms with Crippen LogP contribution < -0.4 is 21.7 Å². The highest BCUT2D eigenvalue weighted by molar-refractivity contribution is 7.20. The summed E-state index contributed by atoms with van der Waals surface area (Å²) in [4.78, 5) is 89.9. The molecule has 1 aromatic carbocycles. The van der Waals surface area contributed by atoms with Gasteiger partial charge in [-0.3, -0.25) is 33.8 Å². The van der Waals surface area contributed by atoms with Gasteiger partial charge in [-0.1, -0.05) is 26.0 Å². The number of carbonyl (C=O) groups excluding carboxylic acids is 6. The second kappa shape index (κ2) is 18.4. The van der Waals surface area contributed by atoms with E-state index in [1.165, 1.54) is 23.2 Å². The maximum absolute atomic E-state index is 14.0. The third kappa shape index (κ3) is 11.8. The summed E-state index contributed by atoms with van der Waals surface area (Å²) in [6, 6.07) is 4.35. The van der Waals surface area contributed by atoms with E-state index in [1.54, 1.807) is 14.0 Å². The van der Waals surface area contributed by atoms with Gasteiger partial charge < -0.3 is 26.6 Å². The molecule has 1 fully saturated rings. The quantitative estimate of drug-likeness (QED) is 0.114. The molecule has 5 N–H and O–H groups in total. The van der Waals surface area contributed by atoms with Gasteiger partial charge >= 0.3 is 0 Å². The van der Waals surface area contributed by atoms with E-state index >= 15 is 0 Å². The van der Waals surface area contributed by atoms with Crippen LogP contribution in [-0.2, 0) is 24.0 Å². The van der Waals surface area contributed by atoms with E-state index in [2.05, 4.69) is 25.9 Å². The average Bonchev–Trinajstić information content (AvgIpc) is 3.46. The van der Waals surface area contributed by atoms with Crippen molar-refractivity contribution in [3.8, 4) is 0 Å². The molecule has 0 bridgehead atoms. The number of amides is 4. The Morgan fingerprint density at radius 3 is 2.50 bits per heavy atom. The number of hydrogen-bond donors (Lipinski definition) is 4. The summed E-state index contributed by atoms with van der Waals surface area (Å²) in [5.74, 6) is -2.82. The molecule has 1 aromatic heterocycles.